The van der Waals surface area contributed by atoms with Crippen molar-refractivity contribution in [3.63, 3.8) is 0 Å². The maximum absolute atomic E-state index is 11.0. The summed E-state index contributed by atoms with van der Waals surface area (Å²) in [7, 11) is 1.38. The predicted octanol–water partition coefficient (Wildman–Crippen LogP) is 2.73. The van der Waals surface area contributed by atoms with Gasteiger partial charge in [-0.25, -0.2) is 4.79 Å². The number of carbonyl (C=O) groups excluding carboxylic acids is 1. The Morgan fingerprint density at radius 1 is 1.42 bits per heavy atom. The molecule has 1 aromatic carbocycles. The number of benzene rings is 1. The first-order valence-electron chi connectivity index (χ1n) is 6.71. The fourth-order valence-electron chi connectivity index (χ4n) is 2.25. The van der Waals surface area contributed by atoms with E-state index in [9.17, 15) is 4.79 Å². The lowest BCUT2D eigenvalue weighted by atomic mass is 10.0. The molecule has 1 aromatic rings. The summed E-state index contributed by atoms with van der Waals surface area (Å²) < 4.78 is 4.56. The molecule has 1 N–H and O–H groups in total. The zero-order valence-corrected chi connectivity index (χ0v) is 12.3. The summed E-state index contributed by atoms with van der Waals surface area (Å²) in [5.41, 5.74) is 2.64. The second-order valence-electron chi connectivity index (χ2n) is 4.58. The number of ether oxygens (including phenoxy) is 1. The Morgan fingerprint density at radius 2 is 2.11 bits per heavy atom. The minimum Gasteiger partial charge on any atom is -0.453 e. The molecule has 0 aliphatic carbocycles. The van der Waals surface area contributed by atoms with Gasteiger partial charge < -0.3 is 10.1 Å². The van der Waals surface area contributed by atoms with Crippen molar-refractivity contribution in [2.75, 3.05) is 26.7 Å². The average Bonchev–Trinajstić information content (AvgIpc) is 2.43. The van der Waals surface area contributed by atoms with Crippen LogP contribution in [0.1, 0.15) is 31.0 Å². The fourth-order valence-corrected chi connectivity index (χ4v) is 2.25. The lowest BCUT2D eigenvalue weighted by Crippen LogP contribution is -2.36. The lowest BCUT2D eigenvalue weighted by molar-refractivity contribution is 0.165. The number of likely N-dealkylation sites (N-methyl/N-ethyl adjacent to an activating group) is 1. The number of amides is 1. The van der Waals surface area contributed by atoms with E-state index in [0.29, 0.717) is 12.6 Å². The quantitative estimate of drug-likeness (QED) is 0.859. The molecule has 1 atom stereocenters. The van der Waals surface area contributed by atoms with Crippen molar-refractivity contribution >= 4 is 6.09 Å². The summed E-state index contributed by atoms with van der Waals surface area (Å²) in [5, 5.41) is 2.72. The predicted molar refractivity (Wildman–Crippen MR) is 77.2 cm³/mol. The third kappa shape index (κ3) is 4.56. The van der Waals surface area contributed by atoms with E-state index in [2.05, 4.69) is 60.0 Å². The van der Waals surface area contributed by atoms with E-state index in [1.807, 2.05) is 0 Å². The molecule has 0 aliphatic heterocycles. The molecule has 19 heavy (non-hydrogen) atoms. The molecule has 0 radical (unpaired) electrons. The molecule has 0 saturated heterocycles. The zero-order chi connectivity index (χ0) is 14.3. The van der Waals surface area contributed by atoms with Crippen molar-refractivity contribution in [2.24, 2.45) is 0 Å². The second kappa shape index (κ2) is 7.79. The first kappa shape index (κ1) is 15.5. The van der Waals surface area contributed by atoms with E-state index in [1.165, 1.54) is 18.2 Å². The van der Waals surface area contributed by atoms with Crippen LogP contribution in [0.2, 0.25) is 0 Å². The highest BCUT2D eigenvalue weighted by atomic mass is 16.5. The highest BCUT2D eigenvalue weighted by Crippen LogP contribution is 2.22. The molecule has 0 fully saturated rings. The minimum absolute atomic E-state index is 0.339. The van der Waals surface area contributed by atoms with Gasteiger partial charge in [0.2, 0.25) is 0 Å². The Labute approximate surface area is 115 Å². The number of nitrogens with zero attached hydrogens (tertiary/aromatic N) is 1. The molecule has 0 aromatic heterocycles. The number of alkyl carbamates (subject to hydrolysis) is 1. The third-order valence-electron chi connectivity index (χ3n) is 3.45. The number of nitrogens with one attached hydrogen (secondary N) is 1. The Bertz CT molecular complexity index is 407. The number of aryl methyl sites for hydroxylation is 1. The lowest BCUT2D eigenvalue weighted by Gasteiger charge is -2.29. The maximum Gasteiger partial charge on any atom is 0.406 e. The van der Waals surface area contributed by atoms with Crippen molar-refractivity contribution in [3.05, 3.63) is 35.4 Å². The first-order chi connectivity index (χ1) is 9.10. The molecule has 106 valence electrons. The van der Waals surface area contributed by atoms with Gasteiger partial charge in [-0.05, 0) is 31.5 Å². The van der Waals surface area contributed by atoms with Crippen LogP contribution in [-0.4, -0.2) is 37.7 Å². The summed E-state index contributed by atoms with van der Waals surface area (Å²) in [6, 6.07) is 8.76. The van der Waals surface area contributed by atoms with Gasteiger partial charge in [-0.15, -0.1) is 0 Å². The van der Waals surface area contributed by atoms with Crippen LogP contribution in [0.15, 0.2) is 24.3 Å². The van der Waals surface area contributed by atoms with E-state index < -0.39 is 0 Å². The molecular formula is C15H24N2O2. The highest BCUT2D eigenvalue weighted by molar-refractivity contribution is 5.66. The molecule has 1 amide bonds. The van der Waals surface area contributed by atoms with E-state index in [-0.39, 0.29) is 6.09 Å². The van der Waals surface area contributed by atoms with Crippen LogP contribution in [0.5, 0.6) is 0 Å². The Balaban J connectivity index is 2.59. The number of methoxy groups -OCH3 is 1. The van der Waals surface area contributed by atoms with Gasteiger partial charge in [-0.3, -0.25) is 4.90 Å². The van der Waals surface area contributed by atoms with Crippen LogP contribution in [0.25, 0.3) is 0 Å². The summed E-state index contributed by atoms with van der Waals surface area (Å²) in [4.78, 5) is 13.4. The van der Waals surface area contributed by atoms with Crippen LogP contribution in [0.3, 0.4) is 0 Å². The van der Waals surface area contributed by atoms with Gasteiger partial charge in [0.05, 0.1) is 7.11 Å². The smallest absolute Gasteiger partial charge is 0.406 e. The molecule has 0 saturated carbocycles. The van der Waals surface area contributed by atoms with Gasteiger partial charge >= 0.3 is 6.09 Å². The Kier molecular flexibility index (Phi) is 6.36. The van der Waals surface area contributed by atoms with Gasteiger partial charge in [0, 0.05) is 19.1 Å². The van der Waals surface area contributed by atoms with E-state index in [4.69, 9.17) is 0 Å². The van der Waals surface area contributed by atoms with Crippen LogP contribution in [-0.2, 0) is 4.74 Å². The van der Waals surface area contributed by atoms with Gasteiger partial charge in [0.15, 0.2) is 0 Å². The molecule has 0 spiro atoms. The monoisotopic (exact) mass is 264 g/mol. The van der Waals surface area contributed by atoms with Gasteiger partial charge in [-0.1, -0.05) is 31.2 Å². The first-order valence-corrected chi connectivity index (χ1v) is 6.71. The topological polar surface area (TPSA) is 41.6 Å². The summed E-state index contributed by atoms with van der Waals surface area (Å²) in [6.45, 7) is 8.81. The van der Waals surface area contributed by atoms with Crippen LogP contribution in [0, 0.1) is 6.92 Å². The summed E-state index contributed by atoms with van der Waals surface area (Å²) in [6.07, 6.45) is -0.375. The Morgan fingerprint density at radius 3 is 2.68 bits per heavy atom. The minimum atomic E-state index is -0.375. The van der Waals surface area contributed by atoms with Crippen molar-refractivity contribution in [1.29, 1.82) is 0 Å². The number of hydrogen-bond donors (Lipinski definition) is 1. The van der Waals surface area contributed by atoms with Crippen LogP contribution < -0.4 is 5.32 Å². The van der Waals surface area contributed by atoms with Gasteiger partial charge in [0.25, 0.3) is 0 Å². The molecular weight excluding hydrogens is 240 g/mol. The fraction of sp³-hybridized carbons (Fsp3) is 0.533. The SMILES string of the molecule is CCN(CCNC(=O)OC)C(C)c1ccccc1C. The molecule has 0 heterocycles. The van der Waals surface area contributed by atoms with Gasteiger partial charge in [0.1, 0.15) is 0 Å². The van der Waals surface area contributed by atoms with Gasteiger partial charge in [-0.2, -0.15) is 0 Å². The van der Waals surface area contributed by atoms with E-state index >= 15 is 0 Å². The molecule has 0 aliphatic rings. The number of hydrogen-bond acceptors (Lipinski definition) is 3. The summed E-state index contributed by atoms with van der Waals surface area (Å²) >= 11 is 0. The Hall–Kier alpha value is -1.55. The summed E-state index contributed by atoms with van der Waals surface area (Å²) in [5.74, 6) is 0. The van der Waals surface area contributed by atoms with Crippen molar-refractivity contribution in [3.8, 4) is 0 Å². The van der Waals surface area contributed by atoms with Crippen molar-refractivity contribution in [1.82, 2.24) is 10.2 Å². The standard InChI is InChI=1S/C15H24N2O2/c1-5-17(11-10-16-15(18)19-4)13(3)14-9-7-6-8-12(14)2/h6-9,13H,5,10-11H2,1-4H3,(H,16,18). The third-order valence-corrected chi connectivity index (χ3v) is 3.45. The number of rotatable bonds is 6. The highest BCUT2D eigenvalue weighted by Gasteiger charge is 2.15. The van der Waals surface area contributed by atoms with Crippen molar-refractivity contribution < 1.29 is 9.53 Å². The normalized spacial score (nSPS) is 12.3. The molecule has 1 rings (SSSR count). The van der Waals surface area contributed by atoms with E-state index in [0.717, 1.165) is 13.1 Å². The molecule has 0 bridgehead atoms. The number of carbonyl (C=O) groups is 1. The van der Waals surface area contributed by atoms with Crippen LogP contribution in [0.4, 0.5) is 4.79 Å². The molecule has 4 heteroatoms. The average molecular weight is 264 g/mol. The molecule has 4 nitrogen and oxygen atoms in total. The maximum atomic E-state index is 11.0. The van der Waals surface area contributed by atoms with Crippen LogP contribution >= 0.6 is 0 Å². The largest absolute Gasteiger partial charge is 0.453 e. The van der Waals surface area contributed by atoms with E-state index in [1.54, 1.807) is 0 Å². The zero-order valence-electron chi connectivity index (χ0n) is 12.3. The second-order valence-corrected chi connectivity index (χ2v) is 4.58. The molecule has 1 unspecified atom stereocenters. The van der Waals surface area contributed by atoms with Crippen molar-refractivity contribution in [2.45, 2.75) is 26.8 Å².